The van der Waals surface area contributed by atoms with Gasteiger partial charge in [0.15, 0.2) is 5.96 Å². The highest BCUT2D eigenvalue weighted by molar-refractivity contribution is 5.81. The molecule has 3 rings (SSSR count). The normalized spacial score (nSPS) is 27.4. The molecule has 1 unspecified atom stereocenters. The summed E-state index contributed by atoms with van der Waals surface area (Å²) in [6, 6.07) is 10.6. The van der Waals surface area contributed by atoms with Gasteiger partial charge in [-0.1, -0.05) is 37.3 Å². The van der Waals surface area contributed by atoms with Crippen molar-refractivity contribution in [2.45, 2.75) is 38.3 Å². The Morgan fingerprint density at radius 1 is 1.33 bits per heavy atom. The van der Waals surface area contributed by atoms with Crippen LogP contribution >= 0.6 is 0 Å². The van der Waals surface area contributed by atoms with Crippen molar-refractivity contribution in [3.05, 3.63) is 35.9 Å². The van der Waals surface area contributed by atoms with Gasteiger partial charge in [0.1, 0.15) is 0 Å². The monoisotopic (exact) mass is 243 g/mol. The van der Waals surface area contributed by atoms with Crippen LogP contribution in [0.25, 0.3) is 0 Å². The van der Waals surface area contributed by atoms with E-state index in [1.165, 1.54) is 18.4 Å². The van der Waals surface area contributed by atoms with Gasteiger partial charge in [-0.3, -0.25) is 4.99 Å². The molecule has 1 saturated carbocycles. The molecule has 1 fully saturated rings. The van der Waals surface area contributed by atoms with E-state index >= 15 is 0 Å². The Morgan fingerprint density at radius 2 is 2.06 bits per heavy atom. The highest BCUT2D eigenvalue weighted by Crippen LogP contribution is 2.47. The molecule has 0 bridgehead atoms. The quantitative estimate of drug-likeness (QED) is 0.882. The summed E-state index contributed by atoms with van der Waals surface area (Å²) in [6.45, 7) is 4.04. The Morgan fingerprint density at radius 3 is 2.67 bits per heavy atom. The fraction of sp³-hybridized carbons (Fsp3) is 0.533. The topological polar surface area (TPSA) is 41.6 Å². The number of hydrogen-bond donors (Lipinski definition) is 1. The van der Waals surface area contributed by atoms with Crippen LogP contribution < -0.4 is 5.73 Å². The van der Waals surface area contributed by atoms with Crippen molar-refractivity contribution in [2.75, 3.05) is 6.54 Å². The molecule has 0 spiro atoms. The molecule has 0 radical (unpaired) electrons. The Bertz CT molecular complexity index is 450. The highest BCUT2D eigenvalue weighted by Gasteiger charge is 2.51. The third-order valence-electron chi connectivity index (χ3n) is 4.46. The molecule has 1 aromatic rings. The van der Waals surface area contributed by atoms with Gasteiger partial charge in [-0.15, -0.1) is 0 Å². The summed E-state index contributed by atoms with van der Waals surface area (Å²) < 4.78 is 0. The van der Waals surface area contributed by atoms with Crippen molar-refractivity contribution >= 4 is 5.96 Å². The van der Waals surface area contributed by atoms with Crippen LogP contribution in [-0.4, -0.2) is 22.9 Å². The first-order valence-electron chi connectivity index (χ1n) is 6.88. The molecule has 0 amide bonds. The van der Waals surface area contributed by atoms with Gasteiger partial charge in [0, 0.05) is 6.54 Å². The lowest BCUT2D eigenvalue weighted by atomic mass is 9.88. The molecule has 2 aliphatic rings. The number of aliphatic imine (C=N–C) groups is 1. The van der Waals surface area contributed by atoms with Gasteiger partial charge in [0.2, 0.25) is 0 Å². The Kier molecular flexibility index (Phi) is 2.77. The van der Waals surface area contributed by atoms with E-state index in [9.17, 15) is 0 Å². The molecule has 0 saturated heterocycles. The summed E-state index contributed by atoms with van der Waals surface area (Å²) in [5.74, 6) is 1.52. The van der Waals surface area contributed by atoms with Gasteiger partial charge < -0.3 is 10.6 Å². The summed E-state index contributed by atoms with van der Waals surface area (Å²) in [5.41, 5.74) is 7.63. The lowest BCUT2D eigenvalue weighted by Crippen LogP contribution is -2.52. The zero-order valence-electron chi connectivity index (χ0n) is 11.0. The maximum atomic E-state index is 6.12. The van der Waals surface area contributed by atoms with E-state index < -0.39 is 0 Å². The SMILES string of the molecule is CCC1(C2CC2)CN=C(N)N1Cc1ccccc1. The summed E-state index contributed by atoms with van der Waals surface area (Å²) in [4.78, 5) is 6.87. The fourth-order valence-electron chi connectivity index (χ4n) is 3.18. The average molecular weight is 243 g/mol. The Balaban J connectivity index is 1.85. The minimum atomic E-state index is 0.194. The van der Waals surface area contributed by atoms with Crippen molar-refractivity contribution in [1.29, 1.82) is 0 Å². The van der Waals surface area contributed by atoms with Gasteiger partial charge in [-0.2, -0.15) is 0 Å². The van der Waals surface area contributed by atoms with Gasteiger partial charge >= 0.3 is 0 Å². The number of nitrogens with two attached hydrogens (primary N) is 1. The number of rotatable bonds is 4. The minimum Gasteiger partial charge on any atom is -0.370 e. The van der Waals surface area contributed by atoms with Crippen LogP contribution in [-0.2, 0) is 6.54 Å². The van der Waals surface area contributed by atoms with E-state index in [1.807, 2.05) is 0 Å². The first-order chi connectivity index (χ1) is 8.76. The van der Waals surface area contributed by atoms with E-state index in [4.69, 9.17) is 5.73 Å². The molecule has 1 aromatic carbocycles. The van der Waals surface area contributed by atoms with Crippen LogP contribution in [0.15, 0.2) is 35.3 Å². The number of nitrogens with zero attached hydrogens (tertiary/aromatic N) is 2. The van der Waals surface area contributed by atoms with Gasteiger partial charge in [-0.05, 0) is 30.7 Å². The second-order valence-corrected chi connectivity index (χ2v) is 5.48. The molecular weight excluding hydrogens is 222 g/mol. The van der Waals surface area contributed by atoms with Crippen molar-refractivity contribution in [1.82, 2.24) is 4.90 Å². The lowest BCUT2D eigenvalue weighted by Gasteiger charge is -2.39. The minimum absolute atomic E-state index is 0.194. The van der Waals surface area contributed by atoms with Crippen LogP contribution in [0.3, 0.4) is 0 Å². The molecule has 1 heterocycles. The third kappa shape index (κ3) is 1.78. The fourth-order valence-corrected chi connectivity index (χ4v) is 3.18. The molecule has 2 N–H and O–H groups in total. The largest absolute Gasteiger partial charge is 0.370 e. The van der Waals surface area contributed by atoms with Crippen LogP contribution in [0, 0.1) is 5.92 Å². The van der Waals surface area contributed by atoms with Gasteiger partial charge in [0.25, 0.3) is 0 Å². The van der Waals surface area contributed by atoms with Gasteiger partial charge in [0.05, 0.1) is 12.1 Å². The third-order valence-corrected chi connectivity index (χ3v) is 4.46. The van der Waals surface area contributed by atoms with E-state index in [2.05, 4.69) is 47.1 Å². The maximum Gasteiger partial charge on any atom is 0.192 e. The van der Waals surface area contributed by atoms with E-state index in [-0.39, 0.29) is 5.54 Å². The summed E-state index contributed by atoms with van der Waals surface area (Å²) in [6.07, 6.45) is 3.80. The number of guanidine groups is 1. The second kappa shape index (κ2) is 4.30. The highest BCUT2D eigenvalue weighted by atomic mass is 15.4. The number of hydrogen-bond acceptors (Lipinski definition) is 3. The molecule has 1 atom stereocenters. The first kappa shape index (κ1) is 11.6. The van der Waals surface area contributed by atoms with Crippen LogP contribution in [0.5, 0.6) is 0 Å². The molecule has 96 valence electrons. The zero-order chi connectivity index (χ0) is 12.6. The molecular formula is C15H21N3. The summed E-state index contributed by atoms with van der Waals surface area (Å²) in [5, 5.41) is 0. The summed E-state index contributed by atoms with van der Waals surface area (Å²) in [7, 11) is 0. The van der Waals surface area contributed by atoms with Crippen LogP contribution in [0.2, 0.25) is 0 Å². The molecule has 0 aromatic heterocycles. The van der Waals surface area contributed by atoms with E-state index in [0.29, 0.717) is 0 Å². The Labute approximate surface area is 109 Å². The van der Waals surface area contributed by atoms with Crippen molar-refractivity contribution < 1.29 is 0 Å². The molecule has 1 aliphatic heterocycles. The van der Waals surface area contributed by atoms with E-state index in [1.54, 1.807) is 0 Å². The van der Waals surface area contributed by atoms with Crippen molar-refractivity contribution in [3.8, 4) is 0 Å². The second-order valence-electron chi connectivity index (χ2n) is 5.48. The van der Waals surface area contributed by atoms with Crippen LogP contribution in [0.1, 0.15) is 31.7 Å². The average Bonchev–Trinajstić information content (AvgIpc) is 3.20. The van der Waals surface area contributed by atoms with Crippen molar-refractivity contribution in [2.24, 2.45) is 16.6 Å². The van der Waals surface area contributed by atoms with Crippen LogP contribution in [0.4, 0.5) is 0 Å². The zero-order valence-corrected chi connectivity index (χ0v) is 11.0. The smallest absolute Gasteiger partial charge is 0.192 e. The van der Waals surface area contributed by atoms with Crippen molar-refractivity contribution in [3.63, 3.8) is 0 Å². The molecule has 3 nitrogen and oxygen atoms in total. The van der Waals surface area contributed by atoms with E-state index in [0.717, 1.165) is 31.4 Å². The predicted molar refractivity (Wildman–Crippen MR) is 74.2 cm³/mol. The molecule has 1 aliphatic carbocycles. The number of benzene rings is 1. The maximum absolute atomic E-state index is 6.12. The lowest BCUT2D eigenvalue weighted by molar-refractivity contribution is 0.156. The van der Waals surface area contributed by atoms with Gasteiger partial charge in [-0.25, -0.2) is 0 Å². The predicted octanol–water partition coefficient (Wildman–Crippen LogP) is 2.38. The standard InChI is InChI=1S/C15H21N3/c1-2-15(13-8-9-13)11-17-14(16)18(15)10-12-6-4-3-5-7-12/h3-7,13H,2,8-11H2,1H3,(H2,16,17). The first-order valence-corrected chi connectivity index (χ1v) is 6.88. The Hall–Kier alpha value is -1.51. The molecule has 18 heavy (non-hydrogen) atoms. The molecule has 3 heteroatoms. The summed E-state index contributed by atoms with van der Waals surface area (Å²) >= 11 is 0.